The van der Waals surface area contributed by atoms with Crippen LogP contribution in [-0.4, -0.2) is 30.9 Å². The number of ether oxygens (including phenoxy) is 1. The van der Waals surface area contributed by atoms with Crippen LogP contribution < -0.4 is 0 Å². The second-order valence-corrected chi connectivity index (χ2v) is 6.34. The highest BCUT2D eigenvalue weighted by atomic mass is 16.7. The summed E-state index contributed by atoms with van der Waals surface area (Å²) in [4.78, 5) is 11.7. The summed E-state index contributed by atoms with van der Waals surface area (Å²) in [7, 11) is -0.352. The lowest BCUT2D eigenvalue weighted by Gasteiger charge is -2.32. The van der Waals surface area contributed by atoms with Crippen LogP contribution in [0, 0.1) is 0 Å². The van der Waals surface area contributed by atoms with E-state index >= 15 is 0 Å². The second kappa shape index (κ2) is 6.67. The summed E-state index contributed by atoms with van der Waals surface area (Å²) in [5, 5.41) is 0. The molecular formula is C17H23BO4. The van der Waals surface area contributed by atoms with Gasteiger partial charge in [0, 0.05) is 0 Å². The second-order valence-electron chi connectivity index (χ2n) is 6.34. The first-order chi connectivity index (χ1) is 10.3. The number of rotatable bonds is 5. The van der Waals surface area contributed by atoms with Gasteiger partial charge in [-0.05, 0) is 46.2 Å². The van der Waals surface area contributed by atoms with Crippen molar-refractivity contribution in [2.24, 2.45) is 0 Å². The van der Waals surface area contributed by atoms with Crippen molar-refractivity contribution in [2.45, 2.75) is 45.3 Å². The van der Waals surface area contributed by atoms with Crippen LogP contribution >= 0.6 is 0 Å². The Morgan fingerprint density at radius 2 is 1.73 bits per heavy atom. The molecule has 0 aliphatic carbocycles. The molecule has 1 fully saturated rings. The Morgan fingerprint density at radius 1 is 1.14 bits per heavy atom. The molecule has 0 bridgehead atoms. The Balaban J connectivity index is 1.73. The van der Waals surface area contributed by atoms with E-state index in [0.29, 0.717) is 18.6 Å². The molecule has 0 atom stereocenters. The van der Waals surface area contributed by atoms with E-state index in [-0.39, 0.29) is 24.3 Å². The van der Waals surface area contributed by atoms with Crippen LogP contribution in [0.3, 0.4) is 0 Å². The molecule has 1 aliphatic rings. The average Bonchev–Trinajstić information content (AvgIpc) is 2.67. The maximum atomic E-state index is 11.7. The third-order valence-corrected chi connectivity index (χ3v) is 4.09. The third kappa shape index (κ3) is 3.99. The Hall–Kier alpha value is -1.59. The predicted molar refractivity (Wildman–Crippen MR) is 86.6 cm³/mol. The number of hydrogen-bond acceptors (Lipinski definition) is 4. The average molecular weight is 302 g/mol. The van der Waals surface area contributed by atoms with E-state index in [1.54, 1.807) is 12.1 Å². The molecule has 1 aliphatic heterocycles. The van der Waals surface area contributed by atoms with Crippen LogP contribution in [0.25, 0.3) is 0 Å². The fraction of sp³-hybridized carbons (Fsp3) is 0.471. The molecule has 0 amide bonds. The van der Waals surface area contributed by atoms with Crippen LogP contribution in [0.4, 0.5) is 0 Å². The van der Waals surface area contributed by atoms with Gasteiger partial charge in [0.2, 0.25) is 0 Å². The van der Waals surface area contributed by atoms with Crippen molar-refractivity contribution in [3.05, 3.63) is 47.9 Å². The summed E-state index contributed by atoms with van der Waals surface area (Å²) < 4.78 is 16.9. The molecule has 0 aromatic heterocycles. The maximum Gasteiger partial charge on any atom is 0.486 e. The van der Waals surface area contributed by atoms with Crippen LogP contribution in [0.5, 0.6) is 0 Å². The largest absolute Gasteiger partial charge is 0.486 e. The Labute approximate surface area is 132 Å². The van der Waals surface area contributed by atoms with E-state index in [0.717, 1.165) is 0 Å². The highest BCUT2D eigenvalue weighted by molar-refractivity contribution is 6.51. The van der Waals surface area contributed by atoms with Gasteiger partial charge in [-0.2, -0.15) is 0 Å². The third-order valence-electron chi connectivity index (χ3n) is 4.09. The van der Waals surface area contributed by atoms with E-state index < -0.39 is 0 Å². The van der Waals surface area contributed by atoms with Gasteiger partial charge in [-0.25, -0.2) is 4.79 Å². The molecule has 0 radical (unpaired) electrons. The van der Waals surface area contributed by atoms with Crippen molar-refractivity contribution in [1.82, 2.24) is 0 Å². The normalized spacial score (nSPS) is 19.5. The molecule has 118 valence electrons. The zero-order valence-corrected chi connectivity index (χ0v) is 13.7. The van der Waals surface area contributed by atoms with Gasteiger partial charge < -0.3 is 14.0 Å². The topological polar surface area (TPSA) is 44.8 Å². The first kappa shape index (κ1) is 16.8. The van der Waals surface area contributed by atoms with Crippen molar-refractivity contribution in [3.63, 3.8) is 0 Å². The molecule has 22 heavy (non-hydrogen) atoms. The van der Waals surface area contributed by atoms with Gasteiger partial charge in [0.05, 0.1) is 23.4 Å². The number of benzene rings is 1. The molecule has 1 aromatic carbocycles. The molecular weight excluding hydrogens is 279 g/mol. The van der Waals surface area contributed by atoms with Gasteiger partial charge in [-0.1, -0.05) is 30.3 Å². The highest BCUT2D eigenvalue weighted by Gasteiger charge is 2.49. The van der Waals surface area contributed by atoms with Gasteiger partial charge in [0.25, 0.3) is 0 Å². The standard InChI is InChI=1S/C17H23BO4/c1-16(2)17(3,4)22-18(21-16)12-8-9-13-20-15(19)14-10-6-5-7-11-14/h5-8,10-12H,9,13H2,1-4H3/b12-8+. The van der Waals surface area contributed by atoms with Crippen molar-refractivity contribution in [2.75, 3.05) is 6.61 Å². The van der Waals surface area contributed by atoms with Crippen LogP contribution in [0.15, 0.2) is 42.4 Å². The zero-order valence-electron chi connectivity index (χ0n) is 13.7. The summed E-state index contributed by atoms with van der Waals surface area (Å²) in [5.41, 5.74) is -0.0961. The smallest absolute Gasteiger partial charge is 0.462 e. The number of hydrogen-bond donors (Lipinski definition) is 0. The molecule has 1 aromatic rings. The number of carbonyl (C=O) groups is 1. The van der Waals surface area contributed by atoms with E-state index in [1.807, 2.05) is 57.9 Å². The minimum Gasteiger partial charge on any atom is -0.462 e. The Bertz CT molecular complexity index is 521. The first-order valence-corrected chi connectivity index (χ1v) is 7.56. The highest BCUT2D eigenvalue weighted by Crippen LogP contribution is 2.36. The maximum absolute atomic E-state index is 11.7. The van der Waals surface area contributed by atoms with Gasteiger partial charge in [0.15, 0.2) is 0 Å². The summed E-state index contributed by atoms with van der Waals surface area (Å²) in [6.45, 7) is 8.40. The van der Waals surface area contributed by atoms with Gasteiger partial charge in [-0.15, -0.1) is 0 Å². The monoisotopic (exact) mass is 302 g/mol. The number of esters is 1. The lowest BCUT2D eigenvalue weighted by molar-refractivity contribution is 0.00578. The van der Waals surface area contributed by atoms with Crippen molar-refractivity contribution >= 4 is 13.1 Å². The number of carbonyl (C=O) groups excluding carboxylic acids is 1. The predicted octanol–water partition coefficient (Wildman–Crippen LogP) is 3.42. The van der Waals surface area contributed by atoms with E-state index in [2.05, 4.69) is 0 Å². The summed E-state index contributed by atoms with van der Waals surface area (Å²) >= 11 is 0. The van der Waals surface area contributed by atoms with Crippen molar-refractivity contribution in [3.8, 4) is 0 Å². The van der Waals surface area contributed by atoms with Crippen molar-refractivity contribution < 1.29 is 18.8 Å². The minimum absolute atomic E-state index is 0.301. The molecule has 1 saturated heterocycles. The molecule has 0 spiro atoms. The molecule has 1 heterocycles. The zero-order chi connectivity index (χ0) is 16.2. The van der Waals surface area contributed by atoms with Gasteiger partial charge in [0.1, 0.15) is 0 Å². The molecule has 4 nitrogen and oxygen atoms in total. The molecule has 2 rings (SSSR count). The molecule has 0 N–H and O–H groups in total. The Morgan fingerprint density at radius 3 is 2.32 bits per heavy atom. The van der Waals surface area contributed by atoms with Crippen LogP contribution in [0.2, 0.25) is 0 Å². The van der Waals surface area contributed by atoms with Crippen LogP contribution in [0.1, 0.15) is 44.5 Å². The summed E-state index contributed by atoms with van der Waals surface area (Å²) in [6, 6.07) is 8.97. The fourth-order valence-electron chi connectivity index (χ4n) is 2.05. The lowest BCUT2D eigenvalue weighted by Crippen LogP contribution is -2.41. The van der Waals surface area contributed by atoms with E-state index in [4.69, 9.17) is 14.0 Å². The molecule has 0 saturated carbocycles. The molecule has 0 unspecified atom stereocenters. The summed E-state index contributed by atoms with van der Waals surface area (Å²) in [5.74, 6) is 1.57. The fourth-order valence-corrected chi connectivity index (χ4v) is 2.05. The minimum atomic E-state index is -0.352. The SMILES string of the molecule is CC1(C)OB(/C=C/CCOC(=O)c2ccccc2)OC1(C)C. The van der Waals surface area contributed by atoms with E-state index in [1.165, 1.54) is 0 Å². The quantitative estimate of drug-likeness (QED) is 0.475. The van der Waals surface area contributed by atoms with Crippen LogP contribution in [-0.2, 0) is 14.0 Å². The lowest BCUT2D eigenvalue weighted by atomic mass is 9.90. The Kier molecular flexibility index (Phi) is 5.09. The first-order valence-electron chi connectivity index (χ1n) is 7.56. The van der Waals surface area contributed by atoms with Gasteiger partial charge in [-0.3, -0.25) is 0 Å². The summed E-state index contributed by atoms with van der Waals surface area (Å²) in [6.07, 6.45) is 2.54. The molecule has 5 heteroatoms. The van der Waals surface area contributed by atoms with Crippen molar-refractivity contribution in [1.29, 1.82) is 0 Å². The van der Waals surface area contributed by atoms with Gasteiger partial charge >= 0.3 is 13.1 Å². The van der Waals surface area contributed by atoms with E-state index in [9.17, 15) is 4.79 Å².